The van der Waals surface area contributed by atoms with Crippen molar-refractivity contribution >= 4 is 27.3 Å². The highest BCUT2D eigenvalue weighted by Gasteiger charge is 2.16. The largest absolute Gasteiger partial charge is 0.504 e. The van der Waals surface area contributed by atoms with E-state index >= 15 is 0 Å². The summed E-state index contributed by atoms with van der Waals surface area (Å²) < 4.78 is 21.7. The molecule has 5 nitrogen and oxygen atoms in total. The second-order valence-electron chi connectivity index (χ2n) is 2.39. The molecule has 0 aliphatic heterocycles. The monoisotopic (exact) mass is 222 g/mol. The molecule has 5 N–H and O–H groups in total. The molecular formula is C6H7ClN2O3S. The van der Waals surface area contributed by atoms with E-state index in [1.165, 1.54) is 6.07 Å². The van der Waals surface area contributed by atoms with Crippen LogP contribution in [-0.2, 0) is 10.0 Å². The zero-order valence-corrected chi connectivity index (χ0v) is 7.93. The third-order valence-electron chi connectivity index (χ3n) is 1.38. The van der Waals surface area contributed by atoms with E-state index in [2.05, 4.69) is 0 Å². The Bertz CT molecular complexity index is 443. The van der Waals surface area contributed by atoms with Crippen molar-refractivity contribution in [3.8, 4) is 5.75 Å². The molecule has 13 heavy (non-hydrogen) atoms. The van der Waals surface area contributed by atoms with Crippen molar-refractivity contribution in [1.82, 2.24) is 0 Å². The number of halogens is 1. The highest BCUT2D eigenvalue weighted by atomic mass is 35.5. The van der Waals surface area contributed by atoms with Gasteiger partial charge in [-0.15, -0.1) is 0 Å². The van der Waals surface area contributed by atoms with Crippen LogP contribution in [0.3, 0.4) is 0 Å². The number of phenols is 1. The van der Waals surface area contributed by atoms with Crippen LogP contribution in [0.25, 0.3) is 0 Å². The van der Waals surface area contributed by atoms with Crippen LogP contribution in [-0.4, -0.2) is 13.5 Å². The maximum Gasteiger partial charge on any atom is 0.241 e. The van der Waals surface area contributed by atoms with Gasteiger partial charge in [0.1, 0.15) is 4.90 Å². The Morgan fingerprint density at radius 2 is 1.92 bits per heavy atom. The Balaban J connectivity index is 3.56. The number of aromatic hydroxyl groups is 1. The lowest BCUT2D eigenvalue weighted by Crippen LogP contribution is -2.12. The van der Waals surface area contributed by atoms with Crippen molar-refractivity contribution < 1.29 is 13.5 Å². The topological polar surface area (TPSA) is 106 Å². The van der Waals surface area contributed by atoms with E-state index in [0.29, 0.717) is 0 Å². The van der Waals surface area contributed by atoms with Crippen molar-refractivity contribution in [3.63, 3.8) is 0 Å². The molecule has 1 aromatic carbocycles. The van der Waals surface area contributed by atoms with Gasteiger partial charge in [0.15, 0.2) is 5.75 Å². The minimum Gasteiger partial charge on any atom is -0.504 e. The number of phenolic OH excluding ortho intramolecular Hbond substituents is 1. The van der Waals surface area contributed by atoms with Gasteiger partial charge in [-0.05, 0) is 12.1 Å². The molecule has 0 unspecified atom stereocenters. The van der Waals surface area contributed by atoms with Gasteiger partial charge in [0.2, 0.25) is 10.0 Å². The van der Waals surface area contributed by atoms with E-state index in [0.717, 1.165) is 6.07 Å². The Morgan fingerprint density at radius 3 is 2.38 bits per heavy atom. The molecule has 72 valence electrons. The third kappa shape index (κ3) is 2.03. The summed E-state index contributed by atoms with van der Waals surface area (Å²) in [6, 6.07) is 2.26. The molecule has 1 rings (SSSR count). The third-order valence-corrected chi connectivity index (χ3v) is 2.52. The summed E-state index contributed by atoms with van der Waals surface area (Å²) >= 11 is 5.52. The molecule has 0 fully saturated rings. The number of hydrogen-bond acceptors (Lipinski definition) is 4. The molecule has 7 heteroatoms. The van der Waals surface area contributed by atoms with Crippen LogP contribution in [0.1, 0.15) is 0 Å². The SMILES string of the molecule is Nc1cc(Cl)cc(S(N)(=O)=O)c1O. The van der Waals surface area contributed by atoms with Gasteiger partial charge in [-0.3, -0.25) is 0 Å². The van der Waals surface area contributed by atoms with Crippen molar-refractivity contribution in [2.24, 2.45) is 5.14 Å². The Kier molecular flexibility index (Phi) is 2.38. The Labute approximate surface area is 80.0 Å². The first-order valence-electron chi connectivity index (χ1n) is 3.13. The highest BCUT2D eigenvalue weighted by molar-refractivity contribution is 7.89. The van der Waals surface area contributed by atoms with E-state index in [9.17, 15) is 13.5 Å². The van der Waals surface area contributed by atoms with Gasteiger partial charge in [-0.25, -0.2) is 13.6 Å². The first kappa shape index (κ1) is 10.1. The molecule has 0 aromatic heterocycles. The van der Waals surface area contributed by atoms with Crippen LogP contribution in [0.2, 0.25) is 5.02 Å². The number of anilines is 1. The maximum atomic E-state index is 10.9. The van der Waals surface area contributed by atoms with Crippen LogP contribution in [0.15, 0.2) is 17.0 Å². The van der Waals surface area contributed by atoms with Crippen molar-refractivity contribution in [2.45, 2.75) is 4.90 Å². The number of nitrogen functional groups attached to an aromatic ring is 1. The lowest BCUT2D eigenvalue weighted by molar-refractivity contribution is 0.461. The molecule has 0 aliphatic rings. The molecule has 0 radical (unpaired) electrons. The predicted octanol–water partition coefficient (Wildman–Crippen LogP) is 0.275. The second kappa shape index (κ2) is 3.06. The number of primary sulfonamides is 1. The lowest BCUT2D eigenvalue weighted by atomic mass is 10.3. The first-order valence-corrected chi connectivity index (χ1v) is 5.05. The van der Waals surface area contributed by atoms with Gasteiger partial charge < -0.3 is 10.8 Å². The molecule has 0 spiro atoms. The fourth-order valence-corrected chi connectivity index (χ4v) is 1.78. The highest BCUT2D eigenvalue weighted by Crippen LogP contribution is 2.31. The number of rotatable bonds is 1. The average Bonchev–Trinajstić information content (AvgIpc) is 1.94. The lowest BCUT2D eigenvalue weighted by Gasteiger charge is -2.04. The summed E-state index contributed by atoms with van der Waals surface area (Å²) in [6.45, 7) is 0. The fourth-order valence-electron chi connectivity index (χ4n) is 0.811. The minimum absolute atomic E-state index is 0.0966. The quantitative estimate of drug-likeness (QED) is 0.469. The number of nitrogens with two attached hydrogens (primary N) is 2. The van der Waals surface area contributed by atoms with Crippen LogP contribution in [0.5, 0.6) is 5.75 Å². The van der Waals surface area contributed by atoms with E-state index < -0.39 is 20.7 Å². The molecular weight excluding hydrogens is 216 g/mol. The normalized spacial score (nSPS) is 11.5. The van der Waals surface area contributed by atoms with Crippen molar-refractivity contribution in [1.29, 1.82) is 0 Å². The van der Waals surface area contributed by atoms with E-state index in [4.69, 9.17) is 22.5 Å². The average molecular weight is 223 g/mol. The van der Waals surface area contributed by atoms with Gasteiger partial charge in [-0.2, -0.15) is 0 Å². The maximum absolute atomic E-state index is 10.9. The first-order chi connectivity index (χ1) is 5.82. The summed E-state index contributed by atoms with van der Waals surface area (Å²) in [5.41, 5.74) is 5.14. The van der Waals surface area contributed by atoms with Gasteiger partial charge in [0, 0.05) is 5.02 Å². The molecule has 0 saturated heterocycles. The van der Waals surface area contributed by atoms with Crippen molar-refractivity contribution in [2.75, 3.05) is 5.73 Å². The van der Waals surface area contributed by atoms with E-state index in [1.54, 1.807) is 0 Å². The fraction of sp³-hybridized carbons (Fsp3) is 0. The molecule has 0 bridgehead atoms. The van der Waals surface area contributed by atoms with E-state index in [1.807, 2.05) is 0 Å². The van der Waals surface area contributed by atoms with Gasteiger partial charge in [-0.1, -0.05) is 11.6 Å². The summed E-state index contributed by atoms with van der Waals surface area (Å²) in [6.07, 6.45) is 0. The van der Waals surface area contributed by atoms with Gasteiger partial charge >= 0.3 is 0 Å². The predicted molar refractivity (Wildman–Crippen MR) is 48.9 cm³/mol. The van der Waals surface area contributed by atoms with Crippen LogP contribution < -0.4 is 10.9 Å². The van der Waals surface area contributed by atoms with Gasteiger partial charge in [0.05, 0.1) is 5.69 Å². The molecule has 0 heterocycles. The Morgan fingerprint density at radius 1 is 1.38 bits per heavy atom. The molecule has 0 atom stereocenters. The second-order valence-corrected chi connectivity index (χ2v) is 4.35. The van der Waals surface area contributed by atoms with Crippen molar-refractivity contribution in [3.05, 3.63) is 17.2 Å². The molecule has 1 aromatic rings. The minimum atomic E-state index is -3.99. The molecule has 0 amide bonds. The van der Waals surface area contributed by atoms with Crippen LogP contribution in [0.4, 0.5) is 5.69 Å². The summed E-state index contributed by atoms with van der Waals surface area (Å²) in [5, 5.41) is 14.1. The van der Waals surface area contributed by atoms with Crippen LogP contribution >= 0.6 is 11.6 Å². The Hall–Kier alpha value is -0.980. The summed E-state index contributed by atoms with van der Waals surface area (Å²) in [4.78, 5) is -0.475. The number of hydrogen-bond donors (Lipinski definition) is 3. The smallest absolute Gasteiger partial charge is 0.241 e. The zero-order valence-electron chi connectivity index (χ0n) is 6.36. The standard InChI is InChI=1S/C6H7ClN2O3S/c7-3-1-4(8)6(10)5(2-3)13(9,11)12/h1-2,10H,8H2,(H2,9,11,12). The number of sulfonamides is 1. The molecule has 0 aliphatic carbocycles. The molecule has 0 saturated carbocycles. The van der Waals surface area contributed by atoms with E-state index in [-0.39, 0.29) is 10.7 Å². The summed E-state index contributed by atoms with van der Waals surface area (Å²) in [5.74, 6) is -0.577. The van der Waals surface area contributed by atoms with Gasteiger partial charge in [0.25, 0.3) is 0 Å². The zero-order chi connectivity index (χ0) is 10.2. The van der Waals surface area contributed by atoms with Crippen LogP contribution in [0, 0.1) is 0 Å². The summed E-state index contributed by atoms with van der Waals surface area (Å²) in [7, 11) is -3.99. The number of benzene rings is 1.